The molecule has 3 amide bonds. The van der Waals surface area contributed by atoms with Crippen LogP contribution in [0.4, 0.5) is 4.79 Å². The third-order valence-corrected chi connectivity index (χ3v) is 3.94. The Hall–Kier alpha value is -1.86. The summed E-state index contributed by atoms with van der Waals surface area (Å²) >= 11 is 0. The van der Waals surface area contributed by atoms with Crippen molar-refractivity contribution in [2.45, 2.75) is 45.6 Å². The number of aryl methyl sites for hydroxylation is 1. The number of urea groups is 1. The molecule has 0 aliphatic carbocycles. The van der Waals surface area contributed by atoms with Gasteiger partial charge < -0.3 is 9.32 Å². The Morgan fingerprint density at radius 3 is 2.78 bits per heavy atom. The topological polar surface area (TPSA) is 86.6 Å². The van der Waals surface area contributed by atoms with Crippen molar-refractivity contribution in [1.82, 2.24) is 21.1 Å². The van der Waals surface area contributed by atoms with Crippen LogP contribution in [-0.2, 0) is 4.79 Å². The van der Waals surface area contributed by atoms with Crippen LogP contribution in [0.25, 0.3) is 0 Å². The number of hydrogen-bond acceptors (Lipinski definition) is 5. The first-order chi connectivity index (χ1) is 11.1. The Bertz CT molecular complexity index is 529. The van der Waals surface area contributed by atoms with E-state index < -0.39 is 0 Å². The highest BCUT2D eigenvalue weighted by molar-refractivity contribution is 6.01. The Kier molecular flexibility index (Phi) is 6.61. The summed E-state index contributed by atoms with van der Waals surface area (Å²) in [5.74, 6) is 0.714. The second-order valence-corrected chi connectivity index (χ2v) is 5.86. The molecule has 1 fully saturated rings. The summed E-state index contributed by atoms with van der Waals surface area (Å²) < 4.78 is 5.34. The van der Waals surface area contributed by atoms with Gasteiger partial charge in [-0.2, -0.15) is 0 Å². The molecule has 0 unspecified atom stereocenters. The fraction of sp³-hybridized carbons (Fsp3) is 0.625. The fourth-order valence-corrected chi connectivity index (χ4v) is 2.62. The monoisotopic (exact) mass is 322 g/mol. The van der Waals surface area contributed by atoms with Gasteiger partial charge in [-0.15, -0.1) is 0 Å². The van der Waals surface area contributed by atoms with E-state index in [1.54, 1.807) is 11.2 Å². The van der Waals surface area contributed by atoms with Crippen LogP contribution in [0.1, 0.15) is 50.0 Å². The number of rotatable bonds is 10. The van der Waals surface area contributed by atoms with Gasteiger partial charge in [0.2, 0.25) is 5.91 Å². The van der Waals surface area contributed by atoms with Gasteiger partial charge in [-0.3, -0.25) is 21.0 Å². The first-order valence-electron chi connectivity index (χ1n) is 8.22. The molecule has 1 aromatic heterocycles. The van der Waals surface area contributed by atoms with Crippen molar-refractivity contribution in [3.63, 3.8) is 0 Å². The summed E-state index contributed by atoms with van der Waals surface area (Å²) in [7, 11) is 0. The molecule has 1 aromatic rings. The Morgan fingerprint density at radius 1 is 1.35 bits per heavy atom. The minimum Gasteiger partial charge on any atom is -0.469 e. The van der Waals surface area contributed by atoms with E-state index >= 15 is 0 Å². The number of hydrazine groups is 1. The molecule has 128 valence electrons. The Labute approximate surface area is 136 Å². The molecule has 7 nitrogen and oxygen atoms in total. The molecular weight excluding hydrogens is 296 g/mol. The number of unbranched alkanes of at least 4 members (excludes halogenated alkanes) is 2. The molecule has 1 atom stereocenters. The molecule has 0 radical (unpaired) electrons. The van der Waals surface area contributed by atoms with Crippen molar-refractivity contribution in [1.29, 1.82) is 0 Å². The van der Waals surface area contributed by atoms with E-state index in [4.69, 9.17) is 4.42 Å². The maximum Gasteiger partial charge on any atom is 0.324 e. The molecule has 1 saturated heterocycles. The van der Waals surface area contributed by atoms with E-state index in [-0.39, 0.29) is 24.5 Å². The zero-order valence-electron chi connectivity index (χ0n) is 13.9. The molecule has 1 aliphatic heterocycles. The lowest BCUT2D eigenvalue weighted by molar-refractivity contribution is -0.118. The van der Waals surface area contributed by atoms with Crippen LogP contribution in [0.15, 0.2) is 16.7 Å². The highest BCUT2D eigenvalue weighted by Crippen LogP contribution is 2.18. The zero-order chi connectivity index (χ0) is 16.7. The third kappa shape index (κ3) is 5.37. The van der Waals surface area contributed by atoms with Crippen LogP contribution in [0, 0.1) is 6.92 Å². The highest BCUT2D eigenvalue weighted by atomic mass is 16.3. The van der Waals surface area contributed by atoms with Crippen molar-refractivity contribution < 1.29 is 14.0 Å². The first-order valence-corrected chi connectivity index (χ1v) is 8.22. The van der Waals surface area contributed by atoms with Gasteiger partial charge in [0.25, 0.3) is 0 Å². The van der Waals surface area contributed by atoms with Crippen LogP contribution in [0.2, 0.25) is 0 Å². The Balaban J connectivity index is 1.53. The second-order valence-electron chi connectivity index (χ2n) is 5.86. The molecule has 23 heavy (non-hydrogen) atoms. The summed E-state index contributed by atoms with van der Waals surface area (Å²) in [6, 6.07) is 2.02. The number of carbonyl (C=O) groups is 2. The van der Waals surface area contributed by atoms with Gasteiger partial charge in [0.05, 0.1) is 6.26 Å². The van der Waals surface area contributed by atoms with E-state index in [0.717, 1.165) is 43.6 Å². The van der Waals surface area contributed by atoms with Gasteiger partial charge in [0, 0.05) is 24.7 Å². The fourth-order valence-electron chi connectivity index (χ4n) is 2.62. The summed E-state index contributed by atoms with van der Waals surface area (Å²) in [5, 5.41) is 2.28. The molecule has 3 N–H and O–H groups in total. The van der Waals surface area contributed by atoms with E-state index in [9.17, 15) is 9.59 Å². The maximum absolute atomic E-state index is 11.4. The molecule has 1 aliphatic rings. The number of nitrogens with one attached hydrogen (secondary N) is 3. The number of furan rings is 1. The van der Waals surface area contributed by atoms with Crippen LogP contribution >= 0.6 is 0 Å². The summed E-state index contributed by atoms with van der Waals surface area (Å²) in [5.41, 5.74) is 7.72. The van der Waals surface area contributed by atoms with E-state index in [0.29, 0.717) is 6.54 Å². The lowest BCUT2D eigenvalue weighted by atomic mass is 10.1. The van der Waals surface area contributed by atoms with Gasteiger partial charge in [0.1, 0.15) is 12.3 Å². The molecular formula is C16H26N4O3. The van der Waals surface area contributed by atoms with Crippen molar-refractivity contribution in [3.05, 3.63) is 23.7 Å². The van der Waals surface area contributed by atoms with Crippen LogP contribution in [-0.4, -0.2) is 36.5 Å². The van der Waals surface area contributed by atoms with Gasteiger partial charge in [-0.05, 0) is 32.3 Å². The third-order valence-electron chi connectivity index (χ3n) is 3.94. The standard InChI is InChI=1S/C16H26N4O3/c1-3-14(13-9-12(2)23-11-13)19-17-7-5-4-6-8-20-10-15(21)18-16(20)22/h9,11,14,17,19H,3-8,10H2,1-2H3,(H,18,21,22)/t14-/m1/s1. The average molecular weight is 322 g/mol. The lowest BCUT2D eigenvalue weighted by Crippen LogP contribution is -2.35. The first kappa shape index (κ1) is 17.5. The van der Waals surface area contributed by atoms with Crippen molar-refractivity contribution in [3.8, 4) is 0 Å². The molecule has 0 spiro atoms. The minimum atomic E-state index is -0.268. The molecule has 0 aromatic carbocycles. The van der Waals surface area contributed by atoms with E-state index in [2.05, 4.69) is 23.1 Å². The Morgan fingerprint density at radius 2 is 2.17 bits per heavy atom. The number of hydrogen-bond donors (Lipinski definition) is 3. The summed E-state index contributed by atoms with van der Waals surface area (Å²) in [6.45, 7) is 5.76. The van der Waals surface area contributed by atoms with Crippen LogP contribution < -0.4 is 16.2 Å². The van der Waals surface area contributed by atoms with Crippen molar-refractivity contribution in [2.75, 3.05) is 19.6 Å². The van der Waals surface area contributed by atoms with Gasteiger partial charge in [0.15, 0.2) is 0 Å². The van der Waals surface area contributed by atoms with Gasteiger partial charge in [-0.25, -0.2) is 4.79 Å². The van der Waals surface area contributed by atoms with Crippen molar-refractivity contribution >= 4 is 11.9 Å². The maximum atomic E-state index is 11.4. The van der Waals surface area contributed by atoms with Gasteiger partial charge in [-0.1, -0.05) is 13.3 Å². The van der Waals surface area contributed by atoms with E-state index in [1.807, 2.05) is 13.0 Å². The van der Waals surface area contributed by atoms with Crippen molar-refractivity contribution in [2.24, 2.45) is 0 Å². The average Bonchev–Trinajstić information content (AvgIpc) is 3.08. The van der Waals surface area contributed by atoms with Gasteiger partial charge >= 0.3 is 6.03 Å². The normalized spacial score (nSPS) is 16.0. The molecule has 0 bridgehead atoms. The number of amides is 3. The lowest BCUT2D eigenvalue weighted by Gasteiger charge is -2.16. The highest BCUT2D eigenvalue weighted by Gasteiger charge is 2.25. The molecule has 2 heterocycles. The summed E-state index contributed by atoms with van der Waals surface area (Å²) in [4.78, 5) is 24.0. The number of carbonyl (C=O) groups excluding carboxylic acids is 2. The largest absolute Gasteiger partial charge is 0.469 e. The molecule has 0 saturated carbocycles. The number of imide groups is 1. The second kappa shape index (κ2) is 8.69. The van der Waals surface area contributed by atoms with Crippen LogP contribution in [0.3, 0.4) is 0 Å². The molecule has 7 heteroatoms. The van der Waals surface area contributed by atoms with Crippen LogP contribution in [0.5, 0.6) is 0 Å². The zero-order valence-corrected chi connectivity index (χ0v) is 13.9. The number of nitrogens with zero attached hydrogens (tertiary/aromatic N) is 1. The predicted octanol–water partition coefficient (Wildman–Crippen LogP) is 1.86. The smallest absolute Gasteiger partial charge is 0.324 e. The van der Waals surface area contributed by atoms with E-state index in [1.165, 1.54) is 0 Å². The minimum absolute atomic E-state index is 0.195. The SMILES string of the molecule is CC[C@@H](NNCCCCCN1CC(=O)NC1=O)c1coc(C)c1. The quantitative estimate of drug-likeness (QED) is 0.348. The summed E-state index contributed by atoms with van der Waals surface area (Å²) in [6.07, 6.45) is 5.69. The molecule has 2 rings (SSSR count). The predicted molar refractivity (Wildman–Crippen MR) is 86.6 cm³/mol.